The third-order valence-electron chi connectivity index (χ3n) is 3.53. The van der Waals surface area contributed by atoms with Crippen LogP contribution in [0.4, 0.5) is 5.69 Å². The average Bonchev–Trinajstić information content (AvgIpc) is 2.92. The molecule has 0 radical (unpaired) electrons. The molecule has 0 aliphatic carbocycles. The summed E-state index contributed by atoms with van der Waals surface area (Å²) in [6.45, 7) is 1.91. The Hall–Kier alpha value is -2.44. The van der Waals surface area contributed by atoms with Crippen LogP contribution >= 0.6 is 23.8 Å². The molecule has 0 saturated carbocycles. The first-order chi connectivity index (χ1) is 11.5. The van der Waals surface area contributed by atoms with Gasteiger partial charge in [-0.05, 0) is 49.0 Å². The maximum atomic E-state index is 12.3. The molecular weight excluding hydrogens is 344 g/mol. The molecule has 7 heteroatoms. The minimum Gasteiger partial charge on any atom is -0.326 e. The van der Waals surface area contributed by atoms with Crippen molar-refractivity contribution in [3.63, 3.8) is 0 Å². The van der Waals surface area contributed by atoms with E-state index in [0.717, 1.165) is 11.3 Å². The average molecular weight is 359 g/mol. The maximum Gasteiger partial charge on any atom is 0.232 e. The molecular formula is C17H15ClN4OS. The second kappa shape index (κ2) is 6.98. The Balaban J connectivity index is 1.80. The summed E-state index contributed by atoms with van der Waals surface area (Å²) >= 11 is 11.3. The molecule has 122 valence electrons. The predicted molar refractivity (Wildman–Crippen MR) is 97.3 cm³/mol. The normalized spacial score (nSPS) is 10.6. The standard InChI is InChI=1S/C17H15ClN4OS/c1-11-7-8-12(9-14(11)18)19-16(23)10-15-20-21-17(24)22(15)13-5-3-2-4-6-13/h2-9H,10H2,1H3,(H,19,23)(H,21,24). The summed E-state index contributed by atoms with van der Waals surface area (Å²) < 4.78 is 2.19. The molecule has 3 rings (SSSR count). The topological polar surface area (TPSA) is 62.7 Å². The lowest BCUT2D eigenvalue weighted by Gasteiger charge is -2.08. The smallest absolute Gasteiger partial charge is 0.232 e. The van der Waals surface area contributed by atoms with E-state index < -0.39 is 0 Å². The van der Waals surface area contributed by atoms with Gasteiger partial charge in [0.15, 0.2) is 4.77 Å². The van der Waals surface area contributed by atoms with E-state index in [9.17, 15) is 4.79 Å². The van der Waals surface area contributed by atoms with Gasteiger partial charge in [-0.2, -0.15) is 5.10 Å². The van der Waals surface area contributed by atoms with E-state index in [2.05, 4.69) is 15.5 Å². The van der Waals surface area contributed by atoms with Crippen molar-refractivity contribution >= 4 is 35.4 Å². The van der Waals surface area contributed by atoms with Crippen molar-refractivity contribution in [2.45, 2.75) is 13.3 Å². The fraction of sp³-hybridized carbons (Fsp3) is 0.118. The number of para-hydroxylation sites is 1. The van der Waals surface area contributed by atoms with Crippen molar-refractivity contribution in [1.82, 2.24) is 14.8 Å². The fourth-order valence-electron chi connectivity index (χ4n) is 2.31. The number of nitrogens with one attached hydrogen (secondary N) is 2. The Kier molecular flexibility index (Phi) is 4.78. The summed E-state index contributed by atoms with van der Waals surface area (Å²) in [5, 5.41) is 10.3. The highest BCUT2D eigenvalue weighted by Crippen LogP contribution is 2.20. The lowest BCUT2D eigenvalue weighted by molar-refractivity contribution is -0.115. The number of hydrogen-bond acceptors (Lipinski definition) is 3. The molecule has 0 spiro atoms. The summed E-state index contributed by atoms with van der Waals surface area (Å²) in [4.78, 5) is 12.3. The van der Waals surface area contributed by atoms with Crippen molar-refractivity contribution < 1.29 is 4.79 Å². The Morgan fingerprint density at radius 1 is 1.29 bits per heavy atom. The molecule has 0 atom stereocenters. The number of carbonyl (C=O) groups excluding carboxylic acids is 1. The van der Waals surface area contributed by atoms with E-state index in [1.807, 2.05) is 49.4 Å². The van der Waals surface area contributed by atoms with Gasteiger partial charge in [-0.3, -0.25) is 14.5 Å². The zero-order valence-electron chi connectivity index (χ0n) is 12.9. The van der Waals surface area contributed by atoms with Gasteiger partial charge >= 0.3 is 0 Å². The fourth-order valence-corrected chi connectivity index (χ4v) is 2.75. The summed E-state index contributed by atoms with van der Waals surface area (Å²) in [5.74, 6) is 0.350. The van der Waals surface area contributed by atoms with Crippen molar-refractivity contribution in [3.8, 4) is 5.69 Å². The molecule has 1 aromatic heterocycles. The van der Waals surface area contributed by atoms with Crippen molar-refractivity contribution in [2.75, 3.05) is 5.32 Å². The molecule has 1 heterocycles. The predicted octanol–water partition coefficient (Wildman–Crippen LogP) is 4.07. The van der Waals surface area contributed by atoms with Crippen molar-refractivity contribution in [2.24, 2.45) is 0 Å². The van der Waals surface area contributed by atoms with Gasteiger partial charge in [0.2, 0.25) is 5.91 Å². The first kappa shape index (κ1) is 16.4. The molecule has 0 unspecified atom stereocenters. The molecule has 3 aromatic rings. The summed E-state index contributed by atoms with van der Waals surface area (Å²) in [6.07, 6.45) is 0.0908. The minimum atomic E-state index is -0.193. The highest BCUT2D eigenvalue weighted by Gasteiger charge is 2.13. The van der Waals surface area contributed by atoms with Crippen LogP contribution in [0, 0.1) is 11.7 Å². The number of aromatic nitrogens is 3. The minimum absolute atomic E-state index is 0.0908. The Morgan fingerprint density at radius 2 is 2.04 bits per heavy atom. The van der Waals surface area contributed by atoms with E-state index in [4.69, 9.17) is 23.8 Å². The van der Waals surface area contributed by atoms with Crippen LogP contribution in [0.15, 0.2) is 48.5 Å². The van der Waals surface area contributed by atoms with E-state index >= 15 is 0 Å². The van der Waals surface area contributed by atoms with E-state index in [0.29, 0.717) is 21.3 Å². The van der Waals surface area contributed by atoms with Gasteiger partial charge in [-0.15, -0.1) is 0 Å². The number of nitrogens with zero attached hydrogens (tertiary/aromatic N) is 2. The van der Waals surface area contributed by atoms with Gasteiger partial charge in [-0.1, -0.05) is 35.9 Å². The lowest BCUT2D eigenvalue weighted by Crippen LogP contribution is -2.17. The van der Waals surface area contributed by atoms with Crippen LogP contribution < -0.4 is 5.32 Å². The van der Waals surface area contributed by atoms with Crippen LogP contribution in [0.5, 0.6) is 0 Å². The van der Waals surface area contributed by atoms with Gasteiger partial charge in [0.05, 0.1) is 6.42 Å². The first-order valence-corrected chi connectivity index (χ1v) is 8.11. The van der Waals surface area contributed by atoms with E-state index in [-0.39, 0.29) is 12.3 Å². The van der Waals surface area contributed by atoms with Crippen LogP contribution in [0.2, 0.25) is 5.02 Å². The van der Waals surface area contributed by atoms with Crippen molar-refractivity contribution in [1.29, 1.82) is 0 Å². The number of carbonyl (C=O) groups is 1. The molecule has 0 saturated heterocycles. The van der Waals surface area contributed by atoms with Crippen molar-refractivity contribution in [3.05, 3.63) is 69.7 Å². The highest BCUT2D eigenvalue weighted by molar-refractivity contribution is 7.71. The number of aromatic amines is 1. The highest BCUT2D eigenvalue weighted by atomic mass is 35.5. The number of anilines is 1. The lowest BCUT2D eigenvalue weighted by atomic mass is 10.2. The van der Waals surface area contributed by atoms with Gasteiger partial charge in [0.25, 0.3) is 0 Å². The van der Waals surface area contributed by atoms with Gasteiger partial charge in [-0.25, -0.2) is 0 Å². The van der Waals surface area contributed by atoms with Crippen LogP contribution in [0.3, 0.4) is 0 Å². The molecule has 0 fully saturated rings. The number of hydrogen-bond donors (Lipinski definition) is 2. The van der Waals surface area contributed by atoms with Crippen LogP contribution in [-0.2, 0) is 11.2 Å². The Morgan fingerprint density at radius 3 is 2.75 bits per heavy atom. The maximum absolute atomic E-state index is 12.3. The molecule has 2 N–H and O–H groups in total. The number of H-pyrrole nitrogens is 1. The molecule has 0 aliphatic rings. The monoisotopic (exact) mass is 358 g/mol. The summed E-state index contributed by atoms with van der Waals surface area (Å²) in [5.41, 5.74) is 2.47. The number of rotatable bonds is 4. The number of benzene rings is 2. The number of halogens is 1. The third-order valence-corrected chi connectivity index (χ3v) is 4.21. The zero-order chi connectivity index (χ0) is 17.1. The summed E-state index contributed by atoms with van der Waals surface area (Å²) in [7, 11) is 0. The largest absolute Gasteiger partial charge is 0.326 e. The van der Waals surface area contributed by atoms with Gasteiger partial charge in [0.1, 0.15) is 5.82 Å². The molecule has 24 heavy (non-hydrogen) atoms. The second-order valence-corrected chi connectivity index (χ2v) is 6.10. The number of aryl methyl sites for hydroxylation is 1. The SMILES string of the molecule is Cc1ccc(NC(=O)Cc2n[nH]c(=S)n2-c2ccccc2)cc1Cl. The molecule has 1 amide bonds. The Labute approximate surface area is 149 Å². The quantitative estimate of drug-likeness (QED) is 0.691. The van der Waals surface area contributed by atoms with Crippen LogP contribution in [0.1, 0.15) is 11.4 Å². The molecule has 0 aliphatic heterocycles. The first-order valence-electron chi connectivity index (χ1n) is 7.32. The van der Waals surface area contributed by atoms with E-state index in [1.165, 1.54) is 0 Å². The van der Waals surface area contributed by atoms with Gasteiger partial charge in [0, 0.05) is 16.4 Å². The zero-order valence-corrected chi connectivity index (χ0v) is 14.5. The summed E-state index contributed by atoms with van der Waals surface area (Å²) in [6, 6.07) is 14.9. The molecule has 2 aromatic carbocycles. The number of amides is 1. The third kappa shape index (κ3) is 3.55. The van der Waals surface area contributed by atoms with Gasteiger partial charge < -0.3 is 5.32 Å². The van der Waals surface area contributed by atoms with Crippen LogP contribution in [0.25, 0.3) is 5.69 Å². The molecule has 0 bridgehead atoms. The van der Waals surface area contributed by atoms with Crippen LogP contribution in [-0.4, -0.2) is 20.7 Å². The van der Waals surface area contributed by atoms with E-state index in [1.54, 1.807) is 10.6 Å². The Bertz CT molecular complexity index is 933. The second-order valence-electron chi connectivity index (χ2n) is 5.30. The molecule has 5 nitrogen and oxygen atoms in total.